The molecule has 0 unspecified atom stereocenters. The second-order valence-corrected chi connectivity index (χ2v) is 8.65. The summed E-state index contributed by atoms with van der Waals surface area (Å²) < 4.78 is 7.18. The first-order valence-electron chi connectivity index (χ1n) is 10.4. The average Bonchev–Trinajstić information content (AvgIpc) is 3.28. The second-order valence-electron chi connectivity index (χ2n) is 7.27. The molecule has 172 valence electrons. The number of rotatable bonds is 8. The van der Waals surface area contributed by atoms with Crippen molar-refractivity contribution in [3.8, 4) is 22.8 Å². The zero-order chi connectivity index (χ0) is 23.9. The molecule has 0 bridgehead atoms. The lowest BCUT2D eigenvalue weighted by molar-refractivity contribution is -0.128. The number of methoxy groups -OCH3 is 1. The van der Waals surface area contributed by atoms with Crippen LogP contribution in [0.4, 0.5) is 0 Å². The van der Waals surface area contributed by atoms with Crippen molar-refractivity contribution in [2.45, 2.75) is 11.6 Å². The Morgan fingerprint density at radius 1 is 0.971 bits per heavy atom. The van der Waals surface area contributed by atoms with E-state index in [4.69, 9.17) is 16.3 Å². The number of thioether (sulfide) groups is 1. The Hall–Kier alpha value is -3.62. The maximum Gasteiger partial charge on any atom is 0.237 e. The van der Waals surface area contributed by atoms with Crippen molar-refractivity contribution in [2.24, 2.45) is 0 Å². The van der Waals surface area contributed by atoms with Crippen molar-refractivity contribution in [1.29, 1.82) is 0 Å². The lowest BCUT2D eigenvalue weighted by Crippen LogP contribution is -2.33. The van der Waals surface area contributed by atoms with E-state index in [1.807, 2.05) is 71.3 Å². The summed E-state index contributed by atoms with van der Waals surface area (Å²) in [6, 6.07) is 24.0. The molecule has 4 rings (SSSR count). The van der Waals surface area contributed by atoms with Gasteiger partial charge in [0.2, 0.25) is 11.8 Å². The minimum absolute atomic E-state index is 0.00433. The molecule has 1 heterocycles. The Morgan fingerprint density at radius 2 is 1.74 bits per heavy atom. The van der Waals surface area contributed by atoms with Crippen LogP contribution in [0.5, 0.6) is 5.75 Å². The van der Waals surface area contributed by atoms with Crippen LogP contribution in [0.3, 0.4) is 0 Å². The van der Waals surface area contributed by atoms with Crippen molar-refractivity contribution in [1.82, 2.24) is 20.1 Å². The first-order valence-corrected chi connectivity index (χ1v) is 11.7. The van der Waals surface area contributed by atoms with Gasteiger partial charge in [0.05, 0.1) is 19.3 Å². The van der Waals surface area contributed by atoms with Crippen LogP contribution in [0.25, 0.3) is 17.1 Å². The summed E-state index contributed by atoms with van der Waals surface area (Å²) in [6.45, 7) is 0. The highest BCUT2D eigenvalue weighted by atomic mass is 35.5. The Kier molecular flexibility index (Phi) is 7.61. The van der Waals surface area contributed by atoms with Gasteiger partial charge in [-0.25, -0.2) is 0 Å². The number of halogens is 1. The summed E-state index contributed by atoms with van der Waals surface area (Å²) in [7, 11) is 1.60. The van der Waals surface area contributed by atoms with E-state index in [1.54, 1.807) is 19.2 Å². The number of imide groups is 1. The maximum absolute atomic E-state index is 12.4. The molecule has 0 aliphatic carbocycles. The standard InChI is InChI=1S/C25H21ClN4O3S/c1-33-21-9-5-8-18(15-21)24-28-29-25(30(24)20-12-10-19(26)11-13-20)34-16-23(32)27-22(31)14-17-6-3-2-4-7-17/h2-13,15H,14,16H2,1H3,(H,27,31,32). The van der Waals surface area contributed by atoms with Crippen LogP contribution in [-0.2, 0) is 16.0 Å². The smallest absolute Gasteiger partial charge is 0.237 e. The minimum atomic E-state index is -0.403. The summed E-state index contributed by atoms with van der Waals surface area (Å²) in [5, 5.41) is 12.2. The molecular weight excluding hydrogens is 472 g/mol. The number of aromatic nitrogens is 3. The van der Waals surface area contributed by atoms with E-state index in [2.05, 4.69) is 15.5 Å². The SMILES string of the molecule is COc1cccc(-c2nnc(SCC(=O)NC(=O)Cc3ccccc3)n2-c2ccc(Cl)cc2)c1. The van der Waals surface area contributed by atoms with Gasteiger partial charge in [0.15, 0.2) is 11.0 Å². The zero-order valence-electron chi connectivity index (χ0n) is 18.3. The zero-order valence-corrected chi connectivity index (χ0v) is 19.8. The molecule has 0 radical (unpaired) electrons. The number of hydrogen-bond acceptors (Lipinski definition) is 6. The van der Waals surface area contributed by atoms with Crippen molar-refractivity contribution >= 4 is 35.2 Å². The summed E-state index contributed by atoms with van der Waals surface area (Å²) >= 11 is 7.26. The summed E-state index contributed by atoms with van der Waals surface area (Å²) in [4.78, 5) is 24.6. The lowest BCUT2D eigenvalue weighted by atomic mass is 10.1. The molecule has 0 aliphatic heterocycles. The number of carbonyl (C=O) groups is 2. The third-order valence-electron chi connectivity index (χ3n) is 4.86. The van der Waals surface area contributed by atoms with Gasteiger partial charge in [-0.05, 0) is 42.0 Å². The largest absolute Gasteiger partial charge is 0.497 e. The fraction of sp³-hybridized carbons (Fsp3) is 0.120. The van der Waals surface area contributed by atoms with Gasteiger partial charge in [0, 0.05) is 16.3 Å². The van der Waals surface area contributed by atoms with Crippen LogP contribution in [0, 0.1) is 0 Å². The molecule has 34 heavy (non-hydrogen) atoms. The van der Waals surface area contributed by atoms with Crippen LogP contribution >= 0.6 is 23.4 Å². The molecular formula is C25H21ClN4O3S. The van der Waals surface area contributed by atoms with Crippen LogP contribution in [-0.4, -0.2) is 39.4 Å². The minimum Gasteiger partial charge on any atom is -0.497 e. The number of ether oxygens (including phenoxy) is 1. The molecule has 3 aromatic carbocycles. The van der Waals surface area contributed by atoms with Gasteiger partial charge in [-0.15, -0.1) is 10.2 Å². The second kappa shape index (κ2) is 11.0. The van der Waals surface area contributed by atoms with Crippen LogP contribution < -0.4 is 10.1 Å². The fourth-order valence-electron chi connectivity index (χ4n) is 3.28. The molecule has 4 aromatic rings. The highest BCUT2D eigenvalue weighted by Gasteiger charge is 2.18. The number of nitrogens with one attached hydrogen (secondary N) is 1. The molecule has 0 aliphatic rings. The van der Waals surface area contributed by atoms with Gasteiger partial charge in [-0.3, -0.25) is 19.5 Å². The molecule has 2 amide bonds. The van der Waals surface area contributed by atoms with Gasteiger partial charge in [-0.2, -0.15) is 0 Å². The number of nitrogens with zero attached hydrogens (tertiary/aromatic N) is 3. The molecule has 0 atom stereocenters. The average molecular weight is 493 g/mol. The predicted molar refractivity (Wildman–Crippen MR) is 132 cm³/mol. The van der Waals surface area contributed by atoms with E-state index in [9.17, 15) is 9.59 Å². The first-order chi connectivity index (χ1) is 16.5. The third kappa shape index (κ3) is 5.84. The van der Waals surface area contributed by atoms with Crippen molar-refractivity contribution in [3.05, 3.63) is 89.4 Å². The van der Waals surface area contributed by atoms with Crippen LogP contribution in [0.1, 0.15) is 5.56 Å². The summed E-state index contributed by atoms with van der Waals surface area (Å²) in [6.07, 6.45) is 0.137. The monoisotopic (exact) mass is 492 g/mol. The topological polar surface area (TPSA) is 86.1 Å². The highest BCUT2D eigenvalue weighted by molar-refractivity contribution is 7.99. The molecule has 7 nitrogen and oxygen atoms in total. The van der Waals surface area contributed by atoms with Crippen molar-refractivity contribution in [2.75, 3.05) is 12.9 Å². The molecule has 1 N–H and O–H groups in total. The van der Waals surface area contributed by atoms with Gasteiger partial charge in [0.25, 0.3) is 0 Å². The van der Waals surface area contributed by atoms with E-state index >= 15 is 0 Å². The van der Waals surface area contributed by atoms with Crippen molar-refractivity contribution in [3.63, 3.8) is 0 Å². The van der Waals surface area contributed by atoms with Crippen LogP contribution in [0.2, 0.25) is 5.02 Å². The number of benzene rings is 3. The Balaban J connectivity index is 1.53. The molecule has 0 spiro atoms. The Bertz CT molecular complexity index is 1290. The number of carbonyl (C=O) groups excluding carboxylic acids is 2. The highest BCUT2D eigenvalue weighted by Crippen LogP contribution is 2.30. The van der Waals surface area contributed by atoms with Crippen LogP contribution in [0.15, 0.2) is 84.0 Å². The maximum atomic E-state index is 12.4. The molecule has 9 heteroatoms. The quantitative estimate of drug-likeness (QED) is 0.362. The van der Waals surface area contributed by atoms with E-state index in [0.717, 1.165) is 16.8 Å². The van der Waals surface area contributed by atoms with E-state index < -0.39 is 5.91 Å². The van der Waals surface area contributed by atoms with E-state index in [0.29, 0.717) is 21.8 Å². The molecule has 1 aromatic heterocycles. The molecule has 0 saturated carbocycles. The van der Waals surface area contributed by atoms with Gasteiger partial charge in [-0.1, -0.05) is 65.8 Å². The number of amides is 2. The van der Waals surface area contributed by atoms with E-state index in [-0.39, 0.29) is 18.1 Å². The predicted octanol–water partition coefficient (Wildman–Crippen LogP) is 4.57. The van der Waals surface area contributed by atoms with Gasteiger partial charge < -0.3 is 4.74 Å². The normalized spacial score (nSPS) is 10.6. The van der Waals surface area contributed by atoms with Gasteiger partial charge >= 0.3 is 0 Å². The first kappa shape index (κ1) is 23.5. The molecule has 0 saturated heterocycles. The fourth-order valence-corrected chi connectivity index (χ4v) is 4.16. The molecule has 0 fully saturated rings. The lowest BCUT2D eigenvalue weighted by Gasteiger charge is -2.11. The Labute approximate surface area is 206 Å². The van der Waals surface area contributed by atoms with E-state index in [1.165, 1.54) is 11.8 Å². The Morgan fingerprint density at radius 3 is 2.47 bits per heavy atom. The summed E-state index contributed by atoms with van der Waals surface area (Å²) in [5.41, 5.74) is 2.43. The number of hydrogen-bond donors (Lipinski definition) is 1. The third-order valence-corrected chi connectivity index (χ3v) is 6.05. The summed E-state index contributed by atoms with van der Waals surface area (Å²) in [5.74, 6) is 0.523. The van der Waals surface area contributed by atoms with Crippen molar-refractivity contribution < 1.29 is 14.3 Å². The van der Waals surface area contributed by atoms with Gasteiger partial charge in [0.1, 0.15) is 5.75 Å².